The minimum Gasteiger partial charge on any atom is -0.293 e. The molecule has 1 saturated heterocycles. The fourth-order valence-electron chi connectivity index (χ4n) is 1.78. The molecule has 1 aliphatic heterocycles. The van der Waals surface area contributed by atoms with Gasteiger partial charge in [-0.3, -0.25) is 4.79 Å². The number of carbonyl (C=O) groups is 1. The molecule has 1 nitrogen and oxygen atoms in total. The average Bonchev–Trinajstić information content (AvgIpc) is 2.66. The number of carbonyl (C=O) groups excluding carboxylic acids is 1. The summed E-state index contributed by atoms with van der Waals surface area (Å²) in [5.74, 6) is 3.40. The number of thioether (sulfide) groups is 1. The molecule has 0 N–H and O–H groups in total. The third-order valence-corrected chi connectivity index (χ3v) is 5.38. The molecule has 0 aliphatic carbocycles. The fraction of sp³-hybridized carbons (Fsp3) is 0.545. The van der Waals surface area contributed by atoms with E-state index in [1.54, 1.807) is 11.3 Å². The summed E-state index contributed by atoms with van der Waals surface area (Å²) in [6.45, 7) is 0. The van der Waals surface area contributed by atoms with Gasteiger partial charge in [-0.1, -0.05) is 0 Å². The quantitative estimate of drug-likeness (QED) is 0.778. The normalized spacial score (nSPS) is 17.9. The Balaban J connectivity index is 1.91. The van der Waals surface area contributed by atoms with Crippen molar-refractivity contribution >= 4 is 44.8 Å². The Morgan fingerprint density at radius 1 is 1.40 bits per heavy atom. The summed E-state index contributed by atoms with van der Waals surface area (Å²) in [6, 6.07) is 3.88. The van der Waals surface area contributed by atoms with Gasteiger partial charge in [-0.15, -0.1) is 11.3 Å². The first-order valence-electron chi connectivity index (χ1n) is 5.12. The SMILES string of the molecule is O=C(CC1CCSCC1)c1ccc(Br)s1. The molecule has 15 heavy (non-hydrogen) atoms. The third kappa shape index (κ3) is 3.33. The average molecular weight is 305 g/mol. The number of hydrogen-bond donors (Lipinski definition) is 0. The van der Waals surface area contributed by atoms with Crippen LogP contribution in [0.25, 0.3) is 0 Å². The van der Waals surface area contributed by atoms with Gasteiger partial charge in [-0.05, 0) is 58.3 Å². The molecule has 1 fully saturated rings. The molecule has 0 saturated carbocycles. The second kappa shape index (κ2) is 5.51. The third-order valence-electron chi connectivity index (χ3n) is 2.66. The molecule has 0 bridgehead atoms. The highest BCUT2D eigenvalue weighted by atomic mass is 79.9. The molecule has 0 radical (unpaired) electrons. The highest BCUT2D eigenvalue weighted by molar-refractivity contribution is 9.11. The van der Waals surface area contributed by atoms with E-state index in [1.807, 2.05) is 23.9 Å². The van der Waals surface area contributed by atoms with E-state index in [-0.39, 0.29) is 0 Å². The molecule has 1 aliphatic rings. The Bertz CT molecular complexity index is 342. The van der Waals surface area contributed by atoms with Crippen molar-refractivity contribution in [3.8, 4) is 0 Å². The van der Waals surface area contributed by atoms with E-state index in [2.05, 4.69) is 15.9 Å². The van der Waals surface area contributed by atoms with Gasteiger partial charge in [0, 0.05) is 6.42 Å². The van der Waals surface area contributed by atoms with Crippen LogP contribution in [0.4, 0.5) is 0 Å². The second-order valence-electron chi connectivity index (χ2n) is 3.79. The number of halogens is 1. The lowest BCUT2D eigenvalue weighted by atomic mass is 9.96. The first-order chi connectivity index (χ1) is 7.25. The molecule has 82 valence electrons. The van der Waals surface area contributed by atoms with Crippen molar-refractivity contribution in [1.29, 1.82) is 0 Å². The molecular formula is C11H13BrOS2. The minimum atomic E-state index is 0.322. The largest absolute Gasteiger partial charge is 0.293 e. The predicted molar refractivity (Wildman–Crippen MR) is 71.0 cm³/mol. The second-order valence-corrected chi connectivity index (χ2v) is 7.47. The van der Waals surface area contributed by atoms with Crippen LogP contribution in [0.2, 0.25) is 0 Å². The molecule has 1 aromatic rings. The van der Waals surface area contributed by atoms with Crippen LogP contribution in [-0.4, -0.2) is 17.3 Å². The lowest BCUT2D eigenvalue weighted by molar-refractivity contribution is 0.0962. The maximum absolute atomic E-state index is 11.9. The van der Waals surface area contributed by atoms with Gasteiger partial charge < -0.3 is 0 Å². The maximum Gasteiger partial charge on any atom is 0.173 e. The molecule has 0 aromatic carbocycles. The van der Waals surface area contributed by atoms with Crippen LogP contribution < -0.4 is 0 Å². The Labute approximate surface area is 107 Å². The number of hydrogen-bond acceptors (Lipinski definition) is 3. The summed E-state index contributed by atoms with van der Waals surface area (Å²) in [5.41, 5.74) is 0. The van der Waals surface area contributed by atoms with Crippen molar-refractivity contribution < 1.29 is 4.79 Å². The zero-order valence-electron chi connectivity index (χ0n) is 8.37. The summed E-state index contributed by atoms with van der Waals surface area (Å²) >= 11 is 6.94. The summed E-state index contributed by atoms with van der Waals surface area (Å²) in [4.78, 5) is 12.8. The van der Waals surface area contributed by atoms with Gasteiger partial charge in [0.2, 0.25) is 0 Å². The molecule has 0 amide bonds. The number of rotatable bonds is 3. The predicted octanol–water partition coefficient (Wildman–Crippen LogP) is 4.23. The van der Waals surface area contributed by atoms with E-state index in [1.165, 1.54) is 24.3 Å². The number of thiophene rings is 1. The van der Waals surface area contributed by atoms with Crippen LogP contribution in [-0.2, 0) is 0 Å². The zero-order valence-corrected chi connectivity index (χ0v) is 11.6. The van der Waals surface area contributed by atoms with Crippen molar-refractivity contribution in [2.75, 3.05) is 11.5 Å². The Kier molecular flexibility index (Phi) is 4.29. The molecule has 0 atom stereocenters. The van der Waals surface area contributed by atoms with Crippen LogP contribution >= 0.6 is 39.0 Å². The standard InChI is InChI=1S/C11H13BrOS2/c12-11-2-1-10(15-11)9(13)7-8-3-5-14-6-4-8/h1-2,8H,3-7H2. The highest BCUT2D eigenvalue weighted by Gasteiger charge is 2.18. The Morgan fingerprint density at radius 3 is 2.73 bits per heavy atom. The van der Waals surface area contributed by atoms with Gasteiger partial charge in [0.05, 0.1) is 8.66 Å². The maximum atomic E-state index is 11.9. The van der Waals surface area contributed by atoms with E-state index < -0.39 is 0 Å². The summed E-state index contributed by atoms with van der Waals surface area (Å²) < 4.78 is 1.05. The van der Waals surface area contributed by atoms with Crippen LogP contribution in [0.1, 0.15) is 28.9 Å². The lowest BCUT2D eigenvalue weighted by Gasteiger charge is -2.19. The van der Waals surface area contributed by atoms with Crippen LogP contribution in [0.5, 0.6) is 0 Å². The van der Waals surface area contributed by atoms with Crippen LogP contribution in [0.15, 0.2) is 15.9 Å². The van der Waals surface area contributed by atoms with Crippen LogP contribution in [0, 0.1) is 5.92 Å². The fourth-order valence-corrected chi connectivity index (χ4v) is 4.32. The van der Waals surface area contributed by atoms with E-state index in [4.69, 9.17) is 0 Å². The van der Waals surface area contributed by atoms with E-state index >= 15 is 0 Å². The monoisotopic (exact) mass is 304 g/mol. The number of ketones is 1. The van der Waals surface area contributed by atoms with Crippen molar-refractivity contribution in [2.45, 2.75) is 19.3 Å². The topological polar surface area (TPSA) is 17.1 Å². The molecule has 2 heterocycles. The molecule has 0 unspecified atom stereocenters. The van der Waals surface area contributed by atoms with Gasteiger partial charge in [0.1, 0.15) is 0 Å². The van der Waals surface area contributed by atoms with E-state index in [0.717, 1.165) is 15.1 Å². The summed E-state index contributed by atoms with van der Waals surface area (Å²) in [6.07, 6.45) is 3.17. The van der Waals surface area contributed by atoms with Gasteiger partial charge in [0.15, 0.2) is 5.78 Å². The van der Waals surface area contributed by atoms with Crippen molar-refractivity contribution in [2.24, 2.45) is 5.92 Å². The first kappa shape index (κ1) is 11.7. The van der Waals surface area contributed by atoms with E-state index in [9.17, 15) is 4.79 Å². The molecular weight excluding hydrogens is 292 g/mol. The Morgan fingerprint density at radius 2 is 2.13 bits per heavy atom. The van der Waals surface area contributed by atoms with Gasteiger partial charge in [-0.25, -0.2) is 0 Å². The Hall–Kier alpha value is 0.200. The lowest BCUT2D eigenvalue weighted by Crippen LogP contribution is -2.13. The van der Waals surface area contributed by atoms with Crippen molar-refractivity contribution in [1.82, 2.24) is 0 Å². The van der Waals surface area contributed by atoms with Crippen LogP contribution in [0.3, 0.4) is 0 Å². The minimum absolute atomic E-state index is 0.322. The molecule has 1 aromatic heterocycles. The summed E-state index contributed by atoms with van der Waals surface area (Å²) in [7, 11) is 0. The van der Waals surface area contributed by atoms with Gasteiger partial charge in [0.25, 0.3) is 0 Å². The first-order valence-corrected chi connectivity index (χ1v) is 7.88. The van der Waals surface area contributed by atoms with E-state index in [0.29, 0.717) is 11.7 Å². The summed E-state index contributed by atoms with van der Waals surface area (Å²) in [5, 5.41) is 0. The highest BCUT2D eigenvalue weighted by Crippen LogP contribution is 2.29. The number of Topliss-reactive ketones (excluding diaryl/α,β-unsaturated/α-hetero) is 1. The molecule has 0 spiro atoms. The van der Waals surface area contributed by atoms with Gasteiger partial charge in [-0.2, -0.15) is 11.8 Å². The van der Waals surface area contributed by atoms with Crippen molar-refractivity contribution in [3.63, 3.8) is 0 Å². The smallest absolute Gasteiger partial charge is 0.173 e. The van der Waals surface area contributed by atoms with Gasteiger partial charge >= 0.3 is 0 Å². The zero-order chi connectivity index (χ0) is 10.7. The molecule has 2 rings (SSSR count). The van der Waals surface area contributed by atoms with Crippen molar-refractivity contribution in [3.05, 3.63) is 20.8 Å². The molecule has 4 heteroatoms.